The molecule has 0 amide bonds. The predicted molar refractivity (Wildman–Crippen MR) is 47.6 cm³/mol. The van der Waals surface area contributed by atoms with Crippen LogP contribution in [-0.2, 0) is 23.8 Å². The summed E-state index contributed by atoms with van der Waals surface area (Å²) in [7, 11) is 8.21. The number of rotatable bonds is 1. The van der Waals surface area contributed by atoms with Crippen molar-refractivity contribution in [2.24, 2.45) is 0 Å². The molecule has 1 aromatic rings. The first kappa shape index (κ1) is 11.1. The Labute approximate surface area is 82.8 Å². The summed E-state index contributed by atoms with van der Waals surface area (Å²) in [5, 5.41) is 1.14. The molecule has 1 rings (SSSR count). The fraction of sp³-hybridized carbons (Fsp3) is 0.125. The zero-order valence-electron chi connectivity index (χ0n) is 6.34. The molecule has 0 spiro atoms. The molecular formula is C8H11OPRh. The first-order chi connectivity index (χ1) is 4.72. The van der Waals surface area contributed by atoms with Crippen LogP contribution in [0.4, 0.5) is 0 Å². The molecule has 63 valence electrons. The van der Waals surface area contributed by atoms with Crippen LogP contribution < -0.4 is 5.30 Å². The molecule has 0 heterocycles. The van der Waals surface area contributed by atoms with Gasteiger partial charge in [-0.15, -0.1) is 0 Å². The van der Waals surface area contributed by atoms with Crippen LogP contribution in [0.5, 0.6) is 5.75 Å². The Kier molecular flexibility index (Phi) is 4.88. The normalized spacial score (nSPS) is 8.64. The van der Waals surface area contributed by atoms with E-state index in [9.17, 15) is 0 Å². The molecule has 0 aliphatic carbocycles. The minimum absolute atomic E-state index is 0. The first-order valence-electron chi connectivity index (χ1n) is 3.02. The predicted octanol–water partition coefficient (Wildman–Crippen LogP) is 1.87. The maximum absolute atomic E-state index is 3.71. The minimum Gasteiger partial charge on any atom is -0.713 e. The van der Waals surface area contributed by atoms with Crippen LogP contribution in [0.15, 0.2) is 24.3 Å². The summed E-state index contributed by atoms with van der Waals surface area (Å²) in [4.78, 5) is 0. The quantitative estimate of drug-likeness (QED) is 0.312. The van der Waals surface area contributed by atoms with Crippen molar-refractivity contribution in [1.29, 1.82) is 0 Å². The van der Waals surface area contributed by atoms with E-state index >= 15 is 0 Å². The molecule has 0 N–H and O–H groups in total. The second-order valence-electron chi connectivity index (χ2n) is 2.17. The number of hydrogen-bond acceptors (Lipinski definition) is 0. The summed E-state index contributed by atoms with van der Waals surface area (Å²) < 4.78 is 2.58. The van der Waals surface area contributed by atoms with Crippen molar-refractivity contribution in [3.8, 4) is 5.75 Å². The number of benzene rings is 1. The Balaban J connectivity index is 0.000001000. The monoisotopic (exact) mass is 257 g/mol. The van der Waals surface area contributed by atoms with Gasteiger partial charge in [0.2, 0.25) is 5.75 Å². The van der Waals surface area contributed by atoms with E-state index in [1.54, 1.807) is 0 Å². The van der Waals surface area contributed by atoms with Gasteiger partial charge in [-0.25, -0.2) is 0 Å². The SMILES string of the molecule is [CH2-][O+](C)c1ccccc1P.[Rh]. The molecule has 0 fully saturated rings. The average molecular weight is 257 g/mol. The van der Waals surface area contributed by atoms with Gasteiger partial charge in [0, 0.05) is 25.5 Å². The molecule has 0 saturated heterocycles. The fourth-order valence-electron chi connectivity index (χ4n) is 0.798. The Morgan fingerprint density at radius 1 is 1.36 bits per heavy atom. The van der Waals surface area contributed by atoms with Crippen LogP contribution in [0.2, 0.25) is 0 Å². The average Bonchev–Trinajstić information content (AvgIpc) is 1.88. The molecular weight excluding hydrogens is 246 g/mol. The fourth-order valence-corrected chi connectivity index (χ4v) is 1.21. The van der Waals surface area contributed by atoms with Crippen molar-refractivity contribution >= 4 is 14.5 Å². The standard InChI is InChI=1S/C8H11OP.Rh/c1-9(2)7-5-3-4-6-8(7)10;/h3-6H,1,10H2,2H3;. The largest absolute Gasteiger partial charge is 0.713 e. The second-order valence-corrected chi connectivity index (χ2v) is 2.80. The van der Waals surface area contributed by atoms with E-state index in [1.165, 1.54) is 0 Å². The van der Waals surface area contributed by atoms with Crippen molar-refractivity contribution in [3.63, 3.8) is 0 Å². The van der Waals surface area contributed by atoms with E-state index in [0.717, 1.165) is 11.1 Å². The molecule has 1 nitrogen and oxygen atoms in total. The van der Waals surface area contributed by atoms with E-state index < -0.39 is 0 Å². The van der Waals surface area contributed by atoms with Crippen molar-refractivity contribution in [2.45, 2.75) is 0 Å². The van der Waals surface area contributed by atoms with Gasteiger partial charge in [0.1, 0.15) is 7.11 Å². The van der Waals surface area contributed by atoms with Crippen LogP contribution in [0.25, 0.3) is 0 Å². The summed E-state index contributed by atoms with van der Waals surface area (Å²) >= 11 is 0. The molecule has 1 atom stereocenters. The Hall–Kier alpha value is 0.0734. The molecule has 1 radical (unpaired) electrons. The smallest absolute Gasteiger partial charge is 0.233 e. The summed E-state index contributed by atoms with van der Waals surface area (Å²) in [6, 6.07) is 8.00. The van der Waals surface area contributed by atoms with Crippen LogP contribution in [0.1, 0.15) is 0 Å². The van der Waals surface area contributed by atoms with Gasteiger partial charge in [-0.2, -0.15) is 0 Å². The van der Waals surface area contributed by atoms with Crippen LogP contribution in [0.3, 0.4) is 0 Å². The summed E-state index contributed by atoms with van der Waals surface area (Å²) in [5.41, 5.74) is 0. The molecule has 0 aromatic heterocycles. The second kappa shape index (κ2) is 4.85. The van der Waals surface area contributed by atoms with Gasteiger partial charge in [-0.1, -0.05) is 21.4 Å². The summed E-state index contributed by atoms with van der Waals surface area (Å²) in [5.74, 6) is 1.06. The molecule has 0 aliphatic heterocycles. The van der Waals surface area contributed by atoms with E-state index in [2.05, 4.69) is 20.7 Å². The van der Waals surface area contributed by atoms with Crippen LogP contribution in [0, 0.1) is 7.11 Å². The van der Waals surface area contributed by atoms with E-state index in [4.69, 9.17) is 0 Å². The Bertz CT molecular complexity index is 225. The van der Waals surface area contributed by atoms with Gasteiger partial charge >= 0.3 is 0 Å². The van der Waals surface area contributed by atoms with Crippen LogP contribution >= 0.6 is 9.24 Å². The third-order valence-corrected chi connectivity index (χ3v) is 1.77. The zero-order chi connectivity index (χ0) is 7.56. The van der Waals surface area contributed by atoms with Crippen molar-refractivity contribution in [1.82, 2.24) is 0 Å². The summed E-state index contributed by atoms with van der Waals surface area (Å²) in [6.07, 6.45) is 0. The Morgan fingerprint density at radius 3 is 2.27 bits per heavy atom. The molecule has 0 bridgehead atoms. The minimum atomic E-state index is 0. The molecule has 11 heavy (non-hydrogen) atoms. The third-order valence-electron chi connectivity index (χ3n) is 1.29. The van der Waals surface area contributed by atoms with Gasteiger partial charge in [0.25, 0.3) is 0 Å². The zero-order valence-corrected chi connectivity index (χ0v) is 9.13. The van der Waals surface area contributed by atoms with Gasteiger partial charge in [0.05, 0.1) is 5.30 Å². The number of para-hydroxylation sites is 1. The molecule has 1 aromatic carbocycles. The van der Waals surface area contributed by atoms with E-state index in [-0.39, 0.29) is 19.5 Å². The Morgan fingerprint density at radius 2 is 1.91 bits per heavy atom. The van der Waals surface area contributed by atoms with Crippen molar-refractivity contribution in [2.75, 3.05) is 7.11 Å². The third kappa shape index (κ3) is 2.89. The molecule has 3 heteroatoms. The van der Waals surface area contributed by atoms with Crippen molar-refractivity contribution < 1.29 is 23.8 Å². The topological polar surface area (TPSA) is 2.70 Å². The van der Waals surface area contributed by atoms with E-state index in [1.807, 2.05) is 31.4 Å². The maximum Gasteiger partial charge on any atom is 0.233 e. The van der Waals surface area contributed by atoms with Gasteiger partial charge in [0.15, 0.2) is 0 Å². The van der Waals surface area contributed by atoms with Crippen LogP contribution in [-0.4, -0.2) is 7.11 Å². The first-order valence-corrected chi connectivity index (χ1v) is 3.59. The van der Waals surface area contributed by atoms with Gasteiger partial charge < -0.3 is 4.37 Å². The van der Waals surface area contributed by atoms with Crippen molar-refractivity contribution in [3.05, 3.63) is 31.4 Å². The maximum atomic E-state index is 3.71. The molecule has 0 aliphatic rings. The summed E-state index contributed by atoms with van der Waals surface area (Å²) in [6.45, 7) is 0. The van der Waals surface area contributed by atoms with E-state index in [0.29, 0.717) is 0 Å². The molecule has 0 saturated carbocycles. The number of hydrogen-bond donors (Lipinski definition) is 0. The van der Waals surface area contributed by atoms with Gasteiger partial charge in [-0.05, 0) is 13.2 Å². The van der Waals surface area contributed by atoms with Gasteiger partial charge in [-0.3, -0.25) is 0 Å². The molecule has 1 unspecified atom stereocenters.